The third-order valence-electron chi connectivity index (χ3n) is 12.9. The molecule has 6 nitrogen and oxygen atoms in total. The van der Waals surface area contributed by atoms with Gasteiger partial charge in [-0.2, -0.15) is 0 Å². The van der Waals surface area contributed by atoms with Crippen LogP contribution in [0.4, 0.5) is 0 Å². The summed E-state index contributed by atoms with van der Waals surface area (Å²) in [6.45, 7) is 6.50. The van der Waals surface area contributed by atoms with Gasteiger partial charge in [0.25, 0.3) is 0 Å². The van der Waals surface area contributed by atoms with E-state index in [1.54, 1.807) is 0 Å². The molecule has 1 atom stereocenters. The highest BCUT2D eigenvalue weighted by atomic mass is 16.6. The number of esters is 3. The van der Waals surface area contributed by atoms with Crippen LogP contribution in [0.2, 0.25) is 0 Å². The van der Waals surface area contributed by atoms with Gasteiger partial charge in [0.2, 0.25) is 0 Å². The van der Waals surface area contributed by atoms with E-state index in [0.717, 1.165) is 103 Å². The van der Waals surface area contributed by atoms with Crippen LogP contribution in [0, 0.1) is 0 Å². The lowest BCUT2D eigenvalue weighted by Crippen LogP contribution is -2.30. The molecule has 0 saturated carbocycles. The Hall–Kier alpha value is -3.41. The van der Waals surface area contributed by atoms with E-state index in [9.17, 15) is 14.4 Å². The molecular formula is C65H112O6. The molecule has 0 aromatic heterocycles. The standard InChI is InChI=1S/C65H112O6/c1-4-7-10-13-16-19-22-25-28-31-32-35-37-40-43-46-49-52-55-58-64(67)70-61-62(71-65(68)59-56-53-50-47-44-41-38-34-30-27-24-21-18-15-12-9-6-3)60-69-63(66)57-54-51-48-45-42-39-36-33-29-26-23-20-17-14-11-8-5-2/h7,10,16,18-19,21,25-30,32,35,62H,4-6,8-9,11-15,17,20,22-24,31,33-34,36-61H2,1-3H3/b10-7-,19-16-,21-18-,28-25-,29-26-,30-27-,35-32-. The first-order valence-corrected chi connectivity index (χ1v) is 30.1. The van der Waals surface area contributed by atoms with Crippen LogP contribution >= 0.6 is 0 Å². The molecule has 0 N–H and O–H groups in total. The lowest BCUT2D eigenvalue weighted by molar-refractivity contribution is -0.167. The van der Waals surface area contributed by atoms with Crippen LogP contribution in [-0.4, -0.2) is 37.2 Å². The Bertz CT molecular complexity index is 1370. The van der Waals surface area contributed by atoms with Crippen molar-refractivity contribution in [2.75, 3.05) is 13.2 Å². The lowest BCUT2D eigenvalue weighted by Gasteiger charge is -2.18. The molecular weight excluding hydrogens is 877 g/mol. The Balaban J connectivity index is 4.42. The number of hydrogen-bond acceptors (Lipinski definition) is 6. The van der Waals surface area contributed by atoms with Crippen molar-refractivity contribution in [3.8, 4) is 0 Å². The van der Waals surface area contributed by atoms with Gasteiger partial charge in [-0.25, -0.2) is 0 Å². The first-order chi connectivity index (χ1) is 35.0. The number of rotatable bonds is 54. The number of unbranched alkanes of at least 4 members (excludes halogenated alkanes) is 29. The molecule has 0 aliphatic heterocycles. The van der Waals surface area contributed by atoms with Gasteiger partial charge in [-0.3, -0.25) is 14.4 Å². The maximum Gasteiger partial charge on any atom is 0.306 e. The van der Waals surface area contributed by atoms with Crippen molar-refractivity contribution in [1.29, 1.82) is 0 Å². The Morgan fingerprint density at radius 2 is 0.549 bits per heavy atom. The van der Waals surface area contributed by atoms with Crippen LogP contribution in [0.5, 0.6) is 0 Å². The van der Waals surface area contributed by atoms with Gasteiger partial charge < -0.3 is 14.2 Å². The fraction of sp³-hybridized carbons (Fsp3) is 0.738. The molecule has 0 saturated heterocycles. The SMILES string of the molecule is CC/C=C\C/C=C\C/C=C\C/C=C\CCCCCCCCC(=O)OCC(COC(=O)CCCCCCCCC/C=C\CCCCCCCC)OC(=O)CCCCCCCCC/C=C\C/C=C\CCCCC. The maximum atomic E-state index is 12.9. The van der Waals surface area contributed by atoms with Gasteiger partial charge in [-0.05, 0) is 116 Å². The summed E-state index contributed by atoms with van der Waals surface area (Å²) in [7, 11) is 0. The highest BCUT2D eigenvalue weighted by molar-refractivity contribution is 5.71. The molecule has 0 heterocycles. The van der Waals surface area contributed by atoms with Crippen LogP contribution in [0.1, 0.15) is 290 Å². The highest BCUT2D eigenvalue weighted by Crippen LogP contribution is 2.15. The summed E-state index contributed by atoms with van der Waals surface area (Å²) in [4.78, 5) is 38.3. The Labute approximate surface area is 439 Å². The molecule has 0 amide bonds. The van der Waals surface area contributed by atoms with E-state index in [1.807, 2.05) is 0 Å². The summed E-state index contributed by atoms with van der Waals surface area (Å²) in [6, 6.07) is 0. The molecule has 6 heteroatoms. The van der Waals surface area contributed by atoms with Gasteiger partial charge in [0.1, 0.15) is 13.2 Å². The Morgan fingerprint density at radius 3 is 0.901 bits per heavy atom. The zero-order valence-corrected chi connectivity index (χ0v) is 46.7. The van der Waals surface area contributed by atoms with Crippen molar-refractivity contribution in [3.63, 3.8) is 0 Å². The van der Waals surface area contributed by atoms with Crippen molar-refractivity contribution in [2.45, 2.75) is 297 Å². The summed E-state index contributed by atoms with van der Waals surface area (Å²) in [5, 5.41) is 0. The van der Waals surface area contributed by atoms with Gasteiger partial charge in [0.05, 0.1) is 0 Å². The van der Waals surface area contributed by atoms with Gasteiger partial charge in [-0.15, -0.1) is 0 Å². The molecule has 0 aromatic rings. The average Bonchev–Trinajstić information content (AvgIpc) is 3.37. The van der Waals surface area contributed by atoms with Crippen LogP contribution in [0.15, 0.2) is 85.1 Å². The molecule has 0 radical (unpaired) electrons. The van der Waals surface area contributed by atoms with Gasteiger partial charge >= 0.3 is 17.9 Å². The minimum Gasteiger partial charge on any atom is -0.462 e. The summed E-state index contributed by atoms with van der Waals surface area (Å²) >= 11 is 0. The van der Waals surface area contributed by atoms with E-state index < -0.39 is 6.10 Å². The molecule has 408 valence electrons. The number of allylic oxidation sites excluding steroid dienone is 14. The zero-order valence-electron chi connectivity index (χ0n) is 46.7. The normalized spacial score (nSPS) is 12.7. The molecule has 0 rings (SSSR count). The summed E-state index contributed by atoms with van der Waals surface area (Å²) in [5.41, 5.74) is 0. The second-order valence-electron chi connectivity index (χ2n) is 19.9. The average molecular weight is 990 g/mol. The number of carbonyl (C=O) groups excluding carboxylic acids is 3. The monoisotopic (exact) mass is 989 g/mol. The topological polar surface area (TPSA) is 78.9 Å². The summed E-state index contributed by atoms with van der Waals surface area (Å²) in [5.74, 6) is -0.904. The highest BCUT2D eigenvalue weighted by Gasteiger charge is 2.19. The minimum absolute atomic E-state index is 0.0862. The largest absolute Gasteiger partial charge is 0.462 e. The van der Waals surface area contributed by atoms with E-state index in [-0.39, 0.29) is 31.1 Å². The van der Waals surface area contributed by atoms with Crippen molar-refractivity contribution in [3.05, 3.63) is 85.1 Å². The predicted molar refractivity (Wildman–Crippen MR) is 307 cm³/mol. The second kappa shape index (κ2) is 59.2. The number of carbonyl (C=O) groups is 3. The minimum atomic E-state index is -0.790. The summed E-state index contributed by atoms with van der Waals surface area (Å²) < 4.78 is 16.9. The van der Waals surface area contributed by atoms with E-state index >= 15 is 0 Å². The van der Waals surface area contributed by atoms with Crippen LogP contribution in [-0.2, 0) is 28.6 Å². The van der Waals surface area contributed by atoms with Crippen LogP contribution in [0.3, 0.4) is 0 Å². The molecule has 0 aliphatic rings. The third kappa shape index (κ3) is 57.4. The first-order valence-electron chi connectivity index (χ1n) is 30.1. The fourth-order valence-electron chi connectivity index (χ4n) is 8.34. The van der Waals surface area contributed by atoms with Gasteiger partial charge in [-0.1, -0.05) is 241 Å². The quantitative estimate of drug-likeness (QED) is 0.0261. The van der Waals surface area contributed by atoms with E-state index in [4.69, 9.17) is 14.2 Å². The van der Waals surface area contributed by atoms with Crippen molar-refractivity contribution >= 4 is 17.9 Å². The first kappa shape index (κ1) is 67.6. The van der Waals surface area contributed by atoms with Crippen molar-refractivity contribution in [2.24, 2.45) is 0 Å². The molecule has 0 spiro atoms. The molecule has 1 unspecified atom stereocenters. The van der Waals surface area contributed by atoms with E-state index in [1.165, 1.54) is 148 Å². The molecule has 0 aromatic carbocycles. The van der Waals surface area contributed by atoms with Gasteiger partial charge in [0.15, 0.2) is 6.10 Å². The maximum absolute atomic E-state index is 12.9. The van der Waals surface area contributed by atoms with Crippen LogP contribution in [0.25, 0.3) is 0 Å². The van der Waals surface area contributed by atoms with E-state index in [2.05, 4.69) is 106 Å². The fourth-order valence-corrected chi connectivity index (χ4v) is 8.34. The smallest absolute Gasteiger partial charge is 0.306 e. The summed E-state index contributed by atoms with van der Waals surface area (Å²) in [6.07, 6.45) is 77.1. The Morgan fingerprint density at radius 1 is 0.296 bits per heavy atom. The zero-order chi connectivity index (χ0) is 51.4. The van der Waals surface area contributed by atoms with Gasteiger partial charge in [0, 0.05) is 19.3 Å². The Kier molecular flexibility index (Phi) is 56.3. The predicted octanol–water partition coefficient (Wildman–Crippen LogP) is 20.3. The van der Waals surface area contributed by atoms with E-state index in [0.29, 0.717) is 19.3 Å². The van der Waals surface area contributed by atoms with Crippen molar-refractivity contribution < 1.29 is 28.6 Å². The second-order valence-corrected chi connectivity index (χ2v) is 19.9. The van der Waals surface area contributed by atoms with Crippen molar-refractivity contribution in [1.82, 2.24) is 0 Å². The lowest BCUT2D eigenvalue weighted by atomic mass is 10.1. The number of ether oxygens (including phenoxy) is 3. The molecule has 0 bridgehead atoms. The molecule has 71 heavy (non-hydrogen) atoms. The third-order valence-corrected chi connectivity index (χ3v) is 12.9. The molecule has 0 fully saturated rings. The number of hydrogen-bond donors (Lipinski definition) is 0. The van der Waals surface area contributed by atoms with Crippen LogP contribution < -0.4 is 0 Å². The molecule has 0 aliphatic carbocycles.